The third-order valence-corrected chi connectivity index (χ3v) is 4.49. The highest BCUT2D eigenvalue weighted by Crippen LogP contribution is 2.48. The standard InChI is InChI=1S/C11H10BrClF3N/c12-6-9(15)7(13)5(8(14)10(6)16)11(4-17)2-1-3-11/h1-4,17H2. The highest BCUT2D eigenvalue weighted by molar-refractivity contribution is 9.10. The summed E-state index contributed by atoms with van der Waals surface area (Å²) in [7, 11) is 0. The molecule has 6 heteroatoms. The minimum absolute atomic E-state index is 0.119. The van der Waals surface area contributed by atoms with Crippen molar-refractivity contribution in [3.63, 3.8) is 0 Å². The monoisotopic (exact) mass is 327 g/mol. The lowest BCUT2D eigenvalue weighted by molar-refractivity contribution is 0.240. The first-order valence-corrected chi connectivity index (χ1v) is 6.33. The normalized spacial score (nSPS) is 18.0. The third-order valence-electron chi connectivity index (χ3n) is 3.44. The summed E-state index contributed by atoms with van der Waals surface area (Å²) < 4.78 is 40.5. The molecule has 1 aromatic carbocycles. The molecule has 0 aromatic heterocycles. The molecule has 1 saturated carbocycles. The van der Waals surface area contributed by atoms with Crippen LogP contribution in [0.25, 0.3) is 0 Å². The molecule has 17 heavy (non-hydrogen) atoms. The van der Waals surface area contributed by atoms with E-state index < -0.39 is 27.3 Å². The minimum Gasteiger partial charge on any atom is -0.330 e. The fourth-order valence-electron chi connectivity index (χ4n) is 2.23. The van der Waals surface area contributed by atoms with Gasteiger partial charge in [-0.25, -0.2) is 13.2 Å². The summed E-state index contributed by atoms with van der Waals surface area (Å²) in [6, 6.07) is 0. The van der Waals surface area contributed by atoms with Gasteiger partial charge in [0.25, 0.3) is 0 Å². The Morgan fingerprint density at radius 1 is 1.18 bits per heavy atom. The van der Waals surface area contributed by atoms with E-state index in [9.17, 15) is 13.2 Å². The van der Waals surface area contributed by atoms with Crippen LogP contribution in [0.15, 0.2) is 4.47 Å². The summed E-state index contributed by atoms with van der Waals surface area (Å²) in [5.74, 6) is -3.32. The van der Waals surface area contributed by atoms with Gasteiger partial charge >= 0.3 is 0 Å². The lowest BCUT2D eigenvalue weighted by Gasteiger charge is -2.42. The molecule has 1 aliphatic carbocycles. The SMILES string of the molecule is NCC1(c2c(F)c(F)c(Br)c(F)c2Cl)CCC1. The molecular formula is C11H10BrClF3N. The Balaban J connectivity index is 2.69. The van der Waals surface area contributed by atoms with E-state index in [4.69, 9.17) is 17.3 Å². The number of hydrogen-bond acceptors (Lipinski definition) is 1. The molecule has 0 amide bonds. The lowest BCUT2D eigenvalue weighted by atomic mass is 9.64. The smallest absolute Gasteiger partial charge is 0.176 e. The van der Waals surface area contributed by atoms with Crippen molar-refractivity contribution in [2.24, 2.45) is 5.73 Å². The van der Waals surface area contributed by atoms with Gasteiger partial charge in [0.2, 0.25) is 0 Å². The molecule has 2 N–H and O–H groups in total. The molecule has 0 atom stereocenters. The van der Waals surface area contributed by atoms with Gasteiger partial charge in [-0.2, -0.15) is 0 Å². The van der Waals surface area contributed by atoms with Gasteiger partial charge in [0.05, 0.1) is 9.50 Å². The maximum absolute atomic E-state index is 13.9. The zero-order valence-electron chi connectivity index (χ0n) is 8.80. The van der Waals surface area contributed by atoms with Crippen LogP contribution in [0.5, 0.6) is 0 Å². The quantitative estimate of drug-likeness (QED) is 0.647. The van der Waals surface area contributed by atoms with Crippen LogP contribution in [0.2, 0.25) is 5.02 Å². The number of hydrogen-bond donors (Lipinski definition) is 1. The van der Waals surface area contributed by atoms with Crippen molar-refractivity contribution in [2.75, 3.05) is 6.54 Å². The van der Waals surface area contributed by atoms with Crippen LogP contribution >= 0.6 is 27.5 Å². The maximum atomic E-state index is 13.9. The van der Waals surface area contributed by atoms with Crippen molar-refractivity contribution in [1.29, 1.82) is 0 Å². The molecule has 0 aliphatic heterocycles. The van der Waals surface area contributed by atoms with Gasteiger partial charge in [-0.05, 0) is 28.8 Å². The van der Waals surface area contributed by atoms with Gasteiger partial charge in [0, 0.05) is 17.5 Å². The summed E-state index contributed by atoms with van der Waals surface area (Å²) in [4.78, 5) is 0. The first-order valence-electron chi connectivity index (χ1n) is 5.16. The topological polar surface area (TPSA) is 26.0 Å². The predicted molar refractivity (Wildman–Crippen MR) is 63.6 cm³/mol. The second-order valence-corrected chi connectivity index (χ2v) is 5.45. The third kappa shape index (κ3) is 1.79. The van der Waals surface area contributed by atoms with Crippen molar-refractivity contribution >= 4 is 27.5 Å². The molecule has 0 radical (unpaired) electrons. The van der Waals surface area contributed by atoms with Crippen LogP contribution in [0.1, 0.15) is 24.8 Å². The van der Waals surface area contributed by atoms with Gasteiger partial charge in [-0.15, -0.1) is 0 Å². The van der Waals surface area contributed by atoms with Crippen LogP contribution < -0.4 is 5.73 Å². The van der Waals surface area contributed by atoms with Crippen LogP contribution in [0.3, 0.4) is 0 Å². The molecule has 1 aliphatic rings. The number of nitrogens with two attached hydrogens (primary N) is 1. The Hall–Kier alpha value is -0.260. The average molecular weight is 329 g/mol. The molecule has 94 valence electrons. The van der Waals surface area contributed by atoms with Crippen molar-refractivity contribution in [2.45, 2.75) is 24.7 Å². The number of rotatable bonds is 2. The van der Waals surface area contributed by atoms with Gasteiger partial charge in [0.1, 0.15) is 0 Å². The van der Waals surface area contributed by atoms with Crippen LogP contribution in [-0.4, -0.2) is 6.54 Å². The highest BCUT2D eigenvalue weighted by Gasteiger charge is 2.43. The van der Waals surface area contributed by atoms with E-state index in [1.807, 2.05) is 0 Å². The maximum Gasteiger partial charge on any atom is 0.176 e. The van der Waals surface area contributed by atoms with Crippen LogP contribution in [0.4, 0.5) is 13.2 Å². The van der Waals surface area contributed by atoms with Crippen LogP contribution in [0, 0.1) is 17.5 Å². The first kappa shape index (κ1) is 13.2. The largest absolute Gasteiger partial charge is 0.330 e. The fraction of sp³-hybridized carbons (Fsp3) is 0.455. The van der Waals surface area contributed by atoms with Crippen molar-refractivity contribution < 1.29 is 13.2 Å². The zero-order chi connectivity index (χ0) is 12.8. The molecule has 0 saturated heterocycles. The first-order chi connectivity index (χ1) is 7.94. The van der Waals surface area contributed by atoms with Crippen LogP contribution in [-0.2, 0) is 5.41 Å². The van der Waals surface area contributed by atoms with Gasteiger partial charge in [-0.3, -0.25) is 0 Å². The summed E-state index contributed by atoms with van der Waals surface area (Å²) in [5.41, 5.74) is 4.76. The minimum atomic E-state index is -1.25. The zero-order valence-corrected chi connectivity index (χ0v) is 11.1. The summed E-state index contributed by atoms with van der Waals surface area (Å²) in [6.07, 6.45) is 2.05. The van der Waals surface area contributed by atoms with Gasteiger partial charge < -0.3 is 5.73 Å². The molecule has 0 heterocycles. The molecule has 2 rings (SSSR count). The Bertz CT molecular complexity index is 440. The van der Waals surface area contributed by atoms with Gasteiger partial charge in [-0.1, -0.05) is 18.0 Å². The Morgan fingerprint density at radius 3 is 2.18 bits per heavy atom. The fourth-order valence-corrected chi connectivity index (χ4v) is 3.09. The molecule has 0 bridgehead atoms. The average Bonchev–Trinajstić information content (AvgIpc) is 2.27. The van der Waals surface area contributed by atoms with E-state index in [-0.39, 0.29) is 17.1 Å². The summed E-state index contributed by atoms with van der Waals surface area (Å²) in [5, 5.41) is -0.374. The molecule has 0 unspecified atom stereocenters. The molecular weight excluding hydrogens is 318 g/mol. The van der Waals surface area contributed by atoms with Crippen molar-refractivity contribution in [3.05, 3.63) is 32.5 Å². The van der Waals surface area contributed by atoms with E-state index in [0.29, 0.717) is 12.8 Å². The highest BCUT2D eigenvalue weighted by atomic mass is 79.9. The van der Waals surface area contributed by atoms with Crippen molar-refractivity contribution in [1.82, 2.24) is 0 Å². The molecule has 1 nitrogen and oxygen atoms in total. The molecule has 1 aromatic rings. The van der Waals surface area contributed by atoms with E-state index >= 15 is 0 Å². The molecule has 1 fully saturated rings. The van der Waals surface area contributed by atoms with Crippen molar-refractivity contribution in [3.8, 4) is 0 Å². The van der Waals surface area contributed by atoms with Gasteiger partial charge in [0.15, 0.2) is 17.5 Å². The summed E-state index contributed by atoms with van der Waals surface area (Å²) >= 11 is 8.42. The Morgan fingerprint density at radius 2 is 1.76 bits per heavy atom. The number of halogens is 5. The van der Waals surface area contributed by atoms with E-state index in [0.717, 1.165) is 6.42 Å². The predicted octanol–water partition coefficient (Wildman–Crippen LogP) is 3.90. The van der Waals surface area contributed by atoms with E-state index in [1.54, 1.807) is 0 Å². The lowest BCUT2D eigenvalue weighted by Crippen LogP contribution is -2.43. The van der Waals surface area contributed by atoms with E-state index in [1.165, 1.54) is 0 Å². The Labute approximate surface area is 110 Å². The van der Waals surface area contributed by atoms with E-state index in [2.05, 4.69) is 15.9 Å². The summed E-state index contributed by atoms with van der Waals surface area (Å²) in [6.45, 7) is 0.129. The second-order valence-electron chi connectivity index (χ2n) is 4.28. The molecule has 0 spiro atoms. The number of benzene rings is 1. The Kier molecular flexibility index (Phi) is 3.45. The second kappa shape index (κ2) is 4.44.